The molecule has 0 radical (unpaired) electrons. The maximum absolute atomic E-state index is 12.7. The fraction of sp³-hybridized carbons (Fsp3) is 0.143. The summed E-state index contributed by atoms with van der Waals surface area (Å²) < 4.78 is 0. The Morgan fingerprint density at radius 3 is 2.52 bits per heavy atom. The third-order valence-electron chi connectivity index (χ3n) is 4.01. The van der Waals surface area contributed by atoms with E-state index >= 15 is 0 Å². The molecule has 1 N–H and O–H groups in total. The number of nitrogens with one attached hydrogen (secondary N) is 1. The summed E-state index contributed by atoms with van der Waals surface area (Å²) in [4.78, 5) is 23.5. The van der Waals surface area contributed by atoms with Crippen molar-refractivity contribution in [2.45, 2.75) is 13.8 Å². The molecule has 0 bridgehead atoms. The zero-order chi connectivity index (χ0) is 19.2. The molecule has 0 aliphatic carbocycles. The van der Waals surface area contributed by atoms with Gasteiger partial charge in [-0.05, 0) is 38.1 Å². The van der Waals surface area contributed by atoms with Crippen molar-refractivity contribution in [1.82, 2.24) is 9.97 Å². The first-order valence-electron chi connectivity index (χ1n) is 8.61. The Morgan fingerprint density at radius 2 is 1.81 bits per heavy atom. The second kappa shape index (κ2) is 8.11. The molecule has 1 amide bonds. The minimum absolute atomic E-state index is 0.250. The number of carbonyl (C=O) groups excluding carboxylic acids is 1. The van der Waals surface area contributed by atoms with Crippen LogP contribution in [0.1, 0.15) is 28.8 Å². The third-order valence-corrected chi connectivity index (χ3v) is 4.01. The molecule has 3 aromatic rings. The highest BCUT2D eigenvalue weighted by Gasteiger charge is 2.16. The minimum atomic E-state index is -0.381. The lowest BCUT2D eigenvalue weighted by Crippen LogP contribution is -2.21. The standard InChI is InChI=1S/C21H19N5O/c1-3-26(17-10-5-4-6-11-17)20-13-19(23-15(2)24-20)21(27)25-18-12-8-7-9-16(18)14-22/h4-13H,3H2,1-2H3,(H,25,27). The van der Waals surface area contributed by atoms with Gasteiger partial charge in [-0.15, -0.1) is 0 Å². The van der Waals surface area contributed by atoms with Crippen LogP contribution in [0, 0.1) is 18.3 Å². The van der Waals surface area contributed by atoms with Crippen molar-refractivity contribution in [2.24, 2.45) is 0 Å². The lowest BCUT2D eigenvalue weighted by Gasteiger charge is -2.22. The second-order valence-corrected chi connectivity index (χ2v) is 5.85. The van der Waals surface area contributed by atoms with E-state index in [0.717, 1.165) is 5.69 Å². The number of nitriles is 1. The SMILES string of the molecule is CCN(c1ccccc1)c1cc(C(=O)Nc2ccccc2C#N)nc(C)n1. The molecule has 0 saturated carbocycles. The molecule has 0 unspecified atom stereocenters. The van der Waals surface area contributed by atoms with Gasteiger partial charge in [0, 0.05) is 18.3 Å². The van der Waals surface area contributed by atoms with Crippen LogP contribution in [0.15, 0.2) is 60.7 Å². The third kappa shape index (κ3) is 4.10. The van der Waals surface area contributed by atoms with Crippen molar-refractivity contribution in [2.75, 3.05) is 16.8 Å². The molecule has 134 valence electrons. The molecule has 6 nitrogen and oxygen atoms in total. The summed E-state index contributed by atoms with van der Waals surface area (Å²) in [5.74, 6) is 0.768. The van der Waals surface area contributed by atoms with Crippen molar-refractivity contribution >= 4 is 23.1 Å². The average Bonchev–Trinajstić information content (AvgIpc) is 2.69. The Labute approximate surface area is 158 Å². The van der Waals surface area contributed by atoms with Gasteiger partial charge < -0.3 is 10.2 Å². The highest BCUT2D eigenvalue weighted by molar-refractivity contribution is 6.04. The second-order valence-electron chi connectivity index (χ2n) is 5.85. The van der Waals surface area contributed by atoms with Crippen LogP contribution in [0.2, 0.25) is 0 Å². The van der Waals surface area contributed by atoms with Gasteiger partial charge >= 0.3 is 0 Å². The minimum Gasteiger partial charge on any atom is -0.327 e. The van der Waals surface area contributed by atoms with Crippen LogP contribution in [0.4, 0.5) is 17.2 Å². The number of aryl methyl sites for hydroxylation is 1. The van der Waals surface area contributed by atoms with Crippen molar-refractivity contribution in [1.29, 1.82) is 5.26 Å². The predicted molar refractivity (Wildman–Crippen MR) is 105 cm³/mol. The highest BCUT2D eigenvalue weighted by atomic mass is 16.1. The molecule has 0 atom stereocenters. The lowest BCUT2D eigenvalue weighted by molar-refractivity contribution is 0.102. The fourth-order valence-electron chi connectivity index (χ4n) is 2.77. The van der Waals surface area contributed by atoms with E-state index in [-0.39, 0.29) is 11.6 Å². The van der Waals surface area contributed by atoms with Crippen LogP contribution in [-0.4, -0.2) is 22.4 Å². The first-order valence-corrected chi connectivity index (χ1v) is 8.61. The predicted octanol–water partition coefficient (Wildman–Crippen LogP) is 4.07. The Morgan fingerprint density at radius 1 is 1.11 bits per heavy atom. The summed E-state index contributed by atoms with van der Waals surface area (Å²) in [5.41, 5.74) is 2.09. The van der Waals surface area contributed by atoms with E-state index in [2.05, 4.69) is 21.4 Å². The number of benzene rings is 2. The summed E-state index contributed by atoms with van der Waals surface area (Å²) in [6.07, 6.45) is 0. The van der Waals surface area contributed by atoms with Crippen molar-refractivity contribution in [3.05, 3.63) is 77.7 Å². The number of hydrogen-bond acceptors (Lipinski definition) is 5. The Hall–Kier alpha value is -3.72. The molecule has 0 fully saturated rings. The number of para-hydroxylation sites is 2. The zero-order valence-corrected chi connectivity index (χ0v) is 15.2. The van der Waals surface area contributed by atoms with Crippen molar-refractivity contribution in [3.63, 3.8) is 0 Å². The van der Waals surface area contributed by atoms with Gasteiger partial charge in [0.2, 0.25) is 0 Å². The summed E-state index contributed by atoms with van der Waals surface area (Å²) in [6, 6.07) is 20.4. The van der Waals surface area contributed by atoms with E-state index in [1.165, 1.54) is 0 Å². The summed E-state index contributed by atoms with van der Waals surface area (Å²) in [5, 5.41) is 11.9. The lowest BCUT2D eigenvalue weighted by atomic mass is 10.2. The topological polar surface area (TPSA) is 81.9 Å². The van der Waals surface area contributed by atoms with E-state index in [4.69, 9.17) is 0 Å². The van der Waals surface area contributed by atoms with Crippen LogP contribution in [0.3, 0.4) is 0 Å². The molecule has 3 rings (SSSR count). The Balaban J connectivity index is 1.93. The maximum atomic E-state index is 12.7. The first kappa shape index (κ1) is 18.1. The molecule has 0 saturated heterocycles. The average molecular weight is 357 g/mol. The smallest absolute Gasteiger partial charge is 0.274 e. The number of carbonyl (C=O) groups is 1. The number of rotatable bonds is 5. The quantitative estimate of drug-likeness (QED) is 0.744. The Kier molecular flexibility index (Phi) is 5.43. The van der Waals surface area contributed by atoms with Crippen molar-refractivity contribution < 1.29 is 4.79 Å². The molecule has 0 aliphatic heterocycles. The summed E-state index contributed by atoms with van der Waals surface area (Å²) in [6.45, 7) is 4.47. The highest BCUT2D eigenvalue weighted by Crippen LogP contribution is 2.24. The van der Waals surface area contributed by atoms with Crippen molar-refractivity contribution in [3.8, 4) is 6.07 Å². The normalized spacial score (nSPS) is 10.1. The summed E-state index contributed by atoms with van der Waals surface area (Å²) >= 11 is 0. The van der Waals surface area contributed by atoms with Crippen LogP contribution < -0.4 is 10.2 Å². The largest absolute Gasteiger partial charge is 0.327 e. The number of hydrogen-bond donors (Lipinski definition) is 1. The number of nitrogens with zero attached hydrogens (tertiary/aromatic N) is 4. The Bertz CT molecular complexity index is 995. The van der Waals surface area contributed by atoms with Crippen LogP contribution in [0.5, 0.6) is 0 Å². The monoisotopic (exact) mass is 357 g/mol. The van der Waals surface area contributed by atoms with E-state index in [9.17, 15) is 10.1 Å². The van der Waals surface area contributed by atoms with Gasteiger partial charge in [-0.2, -0.15) is 5.26 Å². The van der Waals surface area contributed by atoms with Crippen LogP contribution in [0.25, 0.3) is 0 Å². The molecule has 27 heavy (non-hydrogen) atoms. The summed E-state index contributed by atoms with van der Waals surface area (Å²) in [7, 11) is 0. The van der Waals surface area contributed by atoms with E-state index in [0.29, 0.717) is 29.4 Å². The number of amides is 1. The molecule has 2 aromatic carbocycles. The van der Waals surface area contributed by atoms with E-state index in [1.54, 1.807) is 37.3 Å². The molecule has 6 heteroatoms. The van der Waals surface area contributed by atoms with Gasteiger partial charge in [-0.3, -0.25) is 4.79 Å². The molecular formula is C21H19N5O. The molecule has 1 aromatic heterocycles. The molecule has 1 heterocycles. The number of anilines is 3. The molecule has 0 spiro atoms. The van der Waals surface area contributed by atoms with Gasteiger partial charge in [0.05, 0.1) is 11.3 Å². The van der Waals surface area contributed by atoms with Gasteiger partial charge in [0.25, 0.3) is 5.91 Å². The fourth-order valence-corrected chi connectivity index (χ4v) is 2.77. The van der Waals surface area contributed by atoms with Crippen LogP contribution >= 0.6 is 0 Å². The maximum Gasteiger partial charge on any atom is 0.274 e. The zero-order valence-electron chi connectivity index (χ0n) is 15.2. The van der Waals surface area contributed by atoms with E-state index in [1.807, 2.05) is 42.2 Å². The van der Waals surface area contributed by atoms with Gasteiger partial charge in [0.15, 0.2) is 0 Å². The van der Waals surface area contributed by atoms with Gasteiger partial charge in [-0.25, -0.2) is 9.97 Å². The van der Waals surface area contributed by atoms with E-state index < -0.39 is 0 Å². The van der Waals surface area contributed by atoms with Gasteiger partial charge in [-0.1, -0.05) is 30.3 Å². The van der Waals surface area contributed by atoms with Gasteiger partial charge in [0.1, 0.15) is 23.4 Å². The molecular weight excluding hydrogens is 338 g/mol. The first-order chi connectivity index (χ1) is 13.1. The van der Waals surface area contributed by atoms with Crippen LogP contribution in [-0.2, 0) is 0 Å². The molecule has 0 aliphatic rings. The number of aromatic nitrogens is 2.